The zero-order valence-electron chi connectivity index (χ0n) is 23.4. The van der Waals surface area contributed by atoms with E-state index in [-0.39, 0.29) is 76.0 Å². The van der Waals surface area contributed by atoms with E-state index >= 15 is 0 Å². The Morgan fingerprint density at radius 3 is 1.91 bits per heavy atom. The molecule has 0 aliphatic heterocycles. The van der Waals surface area contributed by atoms with Crippen LogP contribution in [0.4, 0.5) is 17.1 Å². The van der Waals surface area contributed by atoms with Crippen LogP contribution < -0.4 is 80.8 Å². The van der Waals surface area contributed by atoms with Crippen LogP contribution in [0.1, 0.15) is 15.9 Å². The van der Waals surface area contributed by atoms with Gasteiger partial charge in [-0.2, -0.15) is 10.2 Å². The Balaban J connectivity index is 0.00000264. The van der Waals surface area contributed by atoms with Crippen LogP contribution in [0, 0.1) is 0 Å². The number of rotatable bonds is 7. The number of allylic oxidation sites excluding steroid dienone is 4. The van der Waals surface area contributed by atoms with Gasteiger partial charge in [-0.25, -0.2) is 8.42 Å². The van der Waals surface area contributed by atoms with Gasteiger partial charge in [-0.1, -0.05) is 30.3 Å². The van der Waals surface area contributed by atoms with E-state index in [0.717, 1.165) is 29.4 Å². The number of nitrogens with one attached hydrogen (secondary N) is 2. The van der Waals surface area contributed by atoms with E-state index in [2.05, 4.69) is 21.1 Å². The van der Waals surface area contributed by atoms with Crippen molar-refractivity contribution in [2.24, 2.45) is 10.2 Å². The van der Waals surface area contributed by atoms with E-state index < -0.39 is 43.8 Å². The molecule has 3 aromatic rings. The summed E-state index contributed by atoms with van der Waals surface area (Å²) in [6, 6.07) is 18.3. The summed E-state index contributed by atoms with van der Waals surface area (Å²) >= 11 is 0. The quantitative estimate of drug-likeness (QED) is 0.0579. The Labute approximate surface area is 295 Å². The van der Waals surface area contributed by atoms with Crippen LogP contribution in [-0.4, -0.2) is 41.9 Å². The topological polar surface area (TPSA) is 206 Å². The Bertz CT molecular complexity index is 1920. The third-order valence-electron chi connectivity index (χ3n) is 6.22. The van der Waals surface area contributed by atoms with Crippen molar-refractivity contribution in [3.05, 3.63) is 107 Å². The predicted molar refractivity (Wildman–Crippen MR) is 154 cm³/mol. The summed E-state index contributed by atoms with van der Waals surface area (Å²) < 4.78 is 35.6. The number of fused-ring (bicyclic) bond motifs is 1. The number of carbonyl (C=O) groups excluding carboxylic acids is 3. The maximum absolute atomic E-state index is 13.0. The predicted octanol–water partition coefficient (Wildman–Crippen LogP) is -3.92. The molecule has 4 N–H and O–H groups in total. The number of aliphatic carboxylic acids is 1. The SMILES string of the molecule is Nc1ccc2c(c1)C(=O)/C(=N/Nc1ccc(-c3ccc(N/N=C4\C=CC(=O)C(C(=O)[O-])=C4)cc3)cc1)C(S(=O)(=O)[O-])=C2.[Na+].[Na+]. The summed E-state index contributed by atoms with van der Waals surface area (Å²) in [5.74, 6) is -2.99. The van der Waals surface area contributed by atoms with Crippen LogP contribution >= 0.6 is 0 Å². The molecule has 0 spiro atoms. The van der Waals surface area contributed by atoms with Crippen molar-refractivity contribution >= 4 is 62.2 Å². The minimum absolute atomic E-state index is 0. The molecule has 0 radical (unpaired) electrons. The monoisotopic (exact) mass is 627 g/mol. The Hall–Kier alpha value is -3.66. The number of hydrogen-bond donors (Lipinski definition) is 3. The molecule has 15 heteroatoms. The van der Waals surface area contributed by atoms with Crippen molar-refractivity contribution in [3.8, 4) is 11.1 Å². The van der Waals surface area contributed by atoms with Crippen LogP contribution in [0.5, 0.6) is 0 Å². The van der Waals surface area contributed by atoms with Gasteiger partial charge in [-0.15, -0.1) is 0 Å². The number of anilines is 3. The molecule has 3 aromatic carbocycles. The van der Waals surface area contributed by atoms with E-state index in [4.69, 9.17) is 5.73 Å². The van der Waals surface area contributed by atoms with E-state index in [0.29, 0.717) is 17.1 Å². The van der Waals surface area contributed by atoms with Gasteiger partial charge < -0.3 is 20.2 Å². The third kappa shape index (κ3) is 7.88. The van der Waals surface area contributed by atoms with Gasteiger partial charge in [0.05, 0.1) is 28.0 Å². The van der Waals surface area contributed by atoms with Gasteiger partial charge in [-0.05, 0) is 77.4 Å². The molecule has 0 heterocycles. The Morgan fingerprint density at radius 2 is 1.36 bits per heavy atom. The summed E-state index contributed by atoms with van der Waals surface area (Å²) in [5.41, 5.74) is 13.8. The van der Waals surface area contributed by atoms with Gasteiger partial charge in [0.1, 0.15) is 15.8 Å². The van der Waals surface area contributed by atoms with Gasteiger partial charge in [0.15, 0.2) is 5.78 Å². The number of benzene rings is 3. The molecule has 2 aliphatic rings. The van der Waals surface area contributed by atoms with Crippen LogP contribution in [0.15, 0.2) is 106 Å². The van der Waals surface area contributed by atoms with Crippen molar-refractivity contribution < 1.29 is 91.6 Å². The number of carbonyl (C=O) groups is 3. The maximum Gasteiger partial charge on any atom is 1.00 e. The van der Waals surface area contributed by atoms with Gasteiger partial charge in [0, 0.05) is 16.8 Å². The van der Waals surface area contributed by atoms with E-state index in [9.17, 15) is 32.5 Å². The molecular formula is C29H19N5Na2O7S. The van der Waals surface area contributed by atoms with E-state index in [1.54, 1.807) is 36.4 Å². The molecule has 5 rings (SSSR count). The van der Waals surface area contributed by atoms with Gasteiger partial charge in [0.25, 0.3) is 0 Å². The summed E-state index contributed by atoms with van der Waals surface area (Å²) in [5, 5.41) is 19.1. The molecule has 12 nitrogen and oxygen atoms in total. The molecule has 0 saturated heterocycles. The smallest absolute Gasteiger partial charge is 0.744 e. The normalized spacial score (nSPS) is 15.8. The van der Waals surface area contributed by atoms with Crippen LogP contribution in [-0.2, 0) is 19.7 Å². The number of carboxylic acid groups (broad SMARTS) is 1. The van der Waals surface area contributed by atoms with Gasteiger partial charge in [-0.3, -0.25) is 20.4 Å². The molecule has 210 valence electrons. The molecule has 2 aliphatic carbocycles. The van der Waals surface area contributed by atoms with Crippen molar-refractivity contribution in [2.75, 3.05) is 16.6 Å². The average molecular weight is 628 g/mol. The van der Waals surface area contributed by atoms with Crippen LogP contribution in [0.2, 0.25) is 0 Å². The summed E-state index contributed by atoms with van der Waals surface area (Å²) in [6.07, 6.45) is 4.70. The number of hydrazone groups is 2. The fourth-order valence-corrected chi connectivity index (χ4v) is 4.76. The second-order valence-electron chi connectivity index (χ2n) is 9.06. The first-order valence-corrected chi connectivity index (χ1v) is 13.6. The Kier molecular flexibility index (Phi) is 11.4. The molecule has 0 fully saturated rings. The van der Waals surface area contributed by atoms with Crippen molar-refractivity contribution in [2.45, 2.75) is 0 Å². The van der Waals surface area contributed by atoms with Crippen LogP contribution in [0.25, 0.3) is 17.2 Å². The number of carboxylic acids is 1. The fraction of sp³-hybridized carbons (Fsp3) is 0. The second kappa shape index (κ2) is 14.4. The number of Topliss-reactive ketones (excluding diaryl/α,β-unsaturated/α-hetero) is 1. The van der Waals surface area contributed by atoms with Crippen molar-refractivity contribution in [3.63, 3.8) is 0 Å². The standard InChI is InChI=1S/C29H21N5O7S.2Na/c30-19-6-1-18-13-26(42(39,40)41)27(28(36)23(18)14-19)34-32-21-9-4-17(5-10-21)16-2-7-20(8-3-16)31-33-22-11-12-25(35)24(15-22)29(37)38;;/h1-15,31-32H,30H2,(H,37,38)(H,39,40,41);;/q;2*+1/p-2/b33-22+,34-27+;;. The fourth-order valence-electron chi connectivity index (χ4n) is 4.11. The largest absolute Gasteiger partial charge is 1.00 e. The first-order valence-electron chi connectivity index (χ1n) is 12.1. The first-order chi connectivity index (χ1) is 20.0. The number of nitrogens with zero attached hydrogens (tertiary/aromatic N) is 2. The van der Waals surface area contributed by atoms with E-state index in [1.807, 2.05) is 12.1 Å². The van der Waals surface area contributed by atoms with Crippen molar-refractivity contribution in [1.82, 2.24) is 0 Å². The molecule has 0 unspecified atom stereocenters. The molecule has 0 atom stereocenters. The van der Waals surface area contributed by atoms with E-state index in [1.165, 1.54) is 24.3 Å². The molecule has 44 heavy (non-hydrogen) atoms. The Morgan fingerprint density at radius 1 is 0.795 bits per heavy atom. The first kappa shape index (κ1) is 34.8. The summed E-state index contributed by atoms with van der Waals surface area (Å²) in [7, 11) is -5.00. The third-order valence-corrected chi connectivity index (χ3v) is 7.07. The molecular weight excluding hydrogens is 608 g/mol. The number of nitrogen functional groups attached to an aromatic ring is 1. The minimum atomic E-state index is -5.00. The maximum atomic E-state index is 13.0. The number of ketones is 2. The zero-order chi connectivity index (χ0) is 30.0. The average Bonchev–Trinajstić information content (AvgIpc) is 2.96. The zero-order valence-corrected chi connectivity index (χ0v) is 28.2. The van der Waals surface area contributed by atoms with Crippen molar-refractivity contribution in [1.29, 1.82) is 0 Å². The number of nitrogens with two attached hydrogens (primary N) is 1. The summed E-state index contributed by atoms with van der Waals surface area (Å²) in [4.78, 5) is 34.8. The summed E-state index contributed by atoms with van der Waals surface area (Å²) in [6.45, 7) is 0. The number of hydrogen-bond acceptors (Lipinski definition) is 12. The van der Waals surface area contributed by atoms with Crippen LogP contribution in [0.3, 0.4) is 0 Å². The molecule has 0 saturated carbocycles. The molecule has 0 amide bonds. The minimum Gasteiger partial charge on any atom is -0.744 e. The van der Waals surface area contributed by atoms with Gasteiger partial charge in [0.2, 0.25) is 5.78 Å². The second-order valence-corrected chi connectivity index (χ2v) is 10.4. The molecule has 0 aromatic heterocycles. The van der Waals surface area contributed by atoms with Gasteiger partial charge >= 0.3 is 59.1 Å². The molecule has 0 bridgehead atoms.